The molecule has 3 heterocycles. The van der Waals surface area contributed by atoms with Crippen LogP contribution in [0.3, 0.4) is 0 Å². The fraction of sp³-hybridized carbons (Fsp3) is 0.400. The molecule has 3 rings (SSSR count). The molecule has 1 aliphatic rings. The van der Waals surface area contributed by atoms with Crippen molar-refractivity contribution in [2.75, 3.05) is 31.6 Å². The third-order valence-electron chi connectivity index (χ3n) is 3.39. The zero-order valence-electron chi connectivity index (χ0n) is 12.4. The Bertz CT molecular complexity index is 631. The number of carbonyl (C=O) groups is 1. The van der Waals surface area contributed by atoms with Gasteiger partial charge < -0.3 is 10.1 Å². The number of aryl methyl sites for hydroxylation is 1. The first kappa shape index (κ1) is 15.1. The number of morpholine rings is 1. The van der Waals surface area contributed by atoms with Crippen LogP contribution in [0.5, 0.6) is 0 Å². The molecule has 0 radical (unpaired) electrons. The maximum absolute atomic E-state index is 12.1. The number of nitrogens with zero attached hydrogens (tertiary/aromatic N) is 3. The average molecular weight is 318 g/mol. The molecule has 2 aromatic heterocycles. The standard InChI is InChI=1S/C15H18N4O2S/c1-11-10-22-15(17-11)13-8-19(6-7-21-13)9-14(20)18-12-2-4-16-5-3-12/h2-5,10,13H,6-9H2,1H3,(H,16,18,20). The Morgan fingerprint density at radius 2 is 2.32 bits per heavy atom. The molecule has 0 aliphatic carbocycles. The van der Waals surface area contributed by atoms with Gasteiger partial charge in [0.1, 0.15) is 11.1 Å². The fourth-order valence-corrected chi connectivity index (χ4v) is 3.19. The Hall–Kier alpha value is -1.83. The molecule has 7 heteroatoms. The monoisotopic (exact) mass is 318 g/mol. The summed E-state index contributed by atoms with van der Waals surface area (Å²) in [4.78, 5) is 22.6. The number of pyridine rings is 1. The maximum atomic E-state index is 12.1. The molecule has 1 amide bonds. The SMILES string of the molecule is Cc1csc(C2CN(CC(=O)Nc3ccncc3)CCO2)n1. The summed E-state index contributed by atoms with van der Waals surface area (Å²) in [5, 5.41) is 5.88. The van der Waals surface area contributed by atoms with Gasteiger partial charge in [0, 0.05) is 42.2 Å². The van der Waals surface area contributed by atoms with E-state index in [4.69, 9.17) is 4.74 Å². The number of carbonyl (C=O) groups excluding carboxylic acids is 1. The van der Waals surface area contributed by atoms with Gasteiger partial charge in [-0.3, -0.25) is 14.7 Å². The molecule has 22 heavy (non-hydrogen) atoms. The van der Waals surface area contributed by atoms with Crippen molar-refractivity contribution in [2.24, 2.45) is 0 Å². The number of anilines is 1. The van der Waals surface area contributed by atoms with Crippen LogP contribution >= 0.6 is 11.3 Å². The van der Waals surface area contributed by atoms with Crippen LogP contribution in [0.1, 0.15) is 16.8 Å². The Kier molecular flexibility index (Phi) is 4.77. The number of thiazole rings is 1. The molecule has 2 aromatic rings. The second kappa shape index (κ2) is 6.95. The molecular weight excluding hydrogens is 300 g/mol. The largest absolute Gasteiger partial charge is 0.368 e. The number of aromatic nitrogens is 2. The van der Waals surface area contributed by atoms with Crippen molar-refractivity contribution in [3.63, 3.8) is 0 Å². The van der Waals surface area contributed by atoms with E-state index in [0.29, 0.717) is 19.7 Å². The minimum absolute atomic E-state index is 0.0258. The Labute approximate surface area is 133 Å². The van der Waals surface area contributed by atoms with Crippen LogP contribution in [0.2, 0.25) is 0 Å². The first-order valence-corrected chi connectivity index (χ1v) is 8.04. The van der Waals surface area contributed by atoms with Gasteiger partial charge in [-0.15, -0.1) is 11.3 Å². The van der Waals surface area contributed by atoms with Crippen molar-refractivity contribution >= 4 is 22.9 Å². The summed E-state index contributed by atoms with van der Waals surface area (Å²) >= 11 is 1.61. The second-order valence-electron chi connectivity index (χ2n) is 5.21. The van der Waals surface area contributed by atoms with Crippen LogP contribution in [0.15, 0.2) is 29.9 Å². The predicted octanol–water partition coefficient (Wildman–Crippen LogP) is 1.86. The number of hydrogen-bond donors (Lipinski definition) is 1. The topological polar surface area (TPSA) is 67.4 Å². The van der Waals surface area contributed by atoms with Gasteiger partial charge in [0.2, 0.25) is 5.91 Å². The highest BCUT2D eigenvalue weighted by molar-refractivity contribution is 7.09. The summed E-state index contributed by atoms with van der Waals surface area (Å²) in [7, 11) is 0. The first-order valence-electron chi connectivity index (χ1n) is 7.16. The molecule has 116 valence electrons. The van der Waals surface area contributed by atoms with Crippen LogP contribution in [0, 0.1) is 6.92 Å². The normalized spacial score (nSPS) is 19.0. The van der Waals surface area contributed by atoms with Crippen LogP contribution < -0.4 is 5.32 Å². The van der Waals surface area contributed by atoms with Gasteiger partial charge in [-0.2, -0.15) is 0 Å². The summed E-state index contributed by atoms with van der Waals surface area (Å²) in [5.41, 5.74) is 1.77. The van der Waals surface area contributed by atoms with Crippen molar-refractivity contribution in [1.29, 1.82) is 0 Å². The lowest BCUT2D eigenvalue weighted by Gasteiger charge is -2.31. The van der Waals surface area contributed by atoms with E-state index >= 15 is 0 Å². The molecule has 1 fully saturated rings. The summed E-state index contributed by atoms with van der Waals surface area (Å²) in [5.74, 6) is -0.0258. The molecule has 0 spiro atoms. The molecule has 0 aromatic carbocycles. The Balaban J connectivity index is 1.55. The van der Waals surface area contributed by atoms with Gasteiger partial charge in [0.05, 0.1) is 13.2 Å². The highest BCUT2D eigenvalue weighted by Crippen LogP contribution is 2.25. The molecular formula is C15H18N4O2S. The van der Waals surface area contributed by atoms with Gasteiger partial charge in [0.15, 0.2) is 0 Å². The molecule has 0 saturated carbocycles. The number of hydrogen-bond acceptors (Lipinski definition) is 6. The minimum atomic E-state index is -0.0406. The highest BCUT2D eigenvalue weighted by Gasteiger charge is 2.25. The molecule has 6 nitrogen and oxygen atoms in total. The van der Waals surface area contributed by atoms with Crippen molar-refractivity contribution in [3.8, 4) is 0 Å². The van der Waals surface area contributed by atoms with Crippen LogP contribution in [0.4, 0.5) is 5.69 Å². The molecule has 1 saturated heterocycles. The van der Waals surface area contributed by atoms with Crippen LogP contribution in [-0.4, -0.2) is 47.0 Å². The van der Waals surface area contributed by atoms with E-state index in [-0.39, 0.29) is 12.0 Å². The van der Waals surface area contributed by atoms with Crippen LogP contribution in [-0.2, 0) is 9.53 Å². The predicted molar refractivity (Wildman–Crippen MR) is 84.9 cm³/mol. The first-order chi connectivity index (χ1) is 10.7. The second-order valence-corrected chi connectivity index (χ2v) is 6.10. The van der Waals surface area contributed by atoms with Crippen molar-refractivity contribution in [3.05, 3.63) is 40.6 Å². The van der Waals surface area contributed by atoms with Gasteiger partial charge in [-0.25, -0.2) is 4.98 Å². The quantitative estimate of drug-likeness (QED) is 0.932. The number of amides is 1. The van der Waals surface area contributed by atoms with Gasteiger partial charge >= 0.3 is 0 Å². The molecule has 1 aliphatic heterocycles. The van der Waals surface area contributed by atoms with Gasteiger partial charge in [-0.05, 0) is 19.1 Å². The van der Waals surface area contributed by atoms with Crippen molar-refractivity contribution < 1.29 is 9.53 Å². The van der Waals surface area contributed by atoms with E-state index in [1.807, 2.05) is 12.3 Å². The lowest BCUT2D eigenvalue weighted by molar-refractivity contribution is -0.119. The van der Waals surface area contributed by atoms with E-state index in [0.717, 1.165) is 22.9 Å². The third kappa shape index (κ3) is 3.88. The summed E-state index contributed by atoms with van der Waals surface area (Å²) < 4.78 is 5.77. The summed E-state index contributed by atoms with van der Waals surface area (Å²) in [6, 6.07) is 3.55. The van der Waals surface area contributed by atoms with Crippen LogP contribution in [0.25, 0.3) is 0 Å². The van der Waals surface area contributed by atoms with E-state index in [9.17, 15) is 4.79 Å². The summed E-state index contributed by atoms with van der Waals surface area (Å²) in [6.07, 6.45) is 3.28. The van der Waals surface area contributed by atoms with E-state index in [2.05, 4.69) is 20.2 Å². The number of ether oxygens (including phenoxy) is 1. The zero-order valence-corrected chi connectivity index (χ0v) is 13.2. The van der Waals surface area contributed by atoms with E-state index in [1.54, 1.807) is 35.9 Å². The van der Waals surface area contributed by atoms with Gasteiger partial charge in [-0.1, -0.05) is 0 Å². The summed E-state index contributed by atoms with van der Waals surface area (Å²) in [6.45, 7) is 4.39. The highest BCUT2D eigenvalue weighted by atomic mass is 32.1. The lowest BCUT2D eigenvalue weighted by Crippen LogP contribution is -2.42. The van der Waals surface area contributed by atoms with Crippen molar-refractivity contribution in [2.45, 2.75) is 13.0 Å². The zero-order chi connectivity index (χ0) is 15.4. The van der Waals surface area contributed by atoms with Crippen molar-refractivity contribution in [1.82, 2.24) is 14.9 Å². The Morgan fingerprint density at radius 1 is 1.50 bits per heavy atom. The average Bonchev–Trinajstić information content (AvgIpc) is 2.95. The fourth-order valence-electron chi connectivity index (χ4n) is 2.35. The number of rotatable bonds is 4. The molecule has 1 unspecified atom stereocenters. The molecule has 1 atom stereocenters. The molecule has 0 bridgehead atoms. The Morgan fingerprint density at radius 3 is 3.05 bits per heavy atom. The smallest absolute Gasteiger partial charge is 0.238 e. The van der Waals surface area contributed by atoms with E-state index in [1.165, 1.54) is 0 Å². The third-order valence-corrected chi connectivity index (χ3v) is 4.45. The minimum Gasteiger partial charge on any atom is -0.368 e. The number of nitrogens with one attached hydrogen (secondary N) is 1. The van der Waals surface area contributed by atoms with E-state index < -0.39 is 0 Å². The molecule has 1 N–H and O–H groups in total. The van der Waals surface area contributed by atoms with Gasteiger partial charge in [0.25, 0.3) is 0 Å². The lowest BCUT2D eigenvalue weighted by atomic mass is 10.2. The maximum Gasteiger partial charge on any atom is 0.238 e.